The smallest absolute Gasteiger partial charge is 0.306 e. The molecule has 1 saturated heterocycles. The lowest BCUT2D eigenvalue weighted by atomic mass is 9.78. The summed E-state index contributed by atoms with van der Waals surface area (Å²) in [6, 6.07) is -0.302. The normalized spacial score (nSPS) is 37.6. The van der Waals surface area contributed by atoms with Crippen molar-refractivity contribution in [2.75, 3.05) is 19.8 Å². The Balaban J connectivity index is 1.90. The summed E-state index contributed by atoms with van der Waals surface area (Å²) >= 11 is 0. The first kappa shape index (κ1) is 15.3. The predicted molar refractivity (Wildman–Crippen MR) is 73.0 cm³/mol. The van der Waals surface area contributed by atoms with Crippen molar-refractivity contribution in [3.63, 3.8) is 0 Å². The maximum atomic E-state index is 12.3. The van der Waals surface area contributed by atoms with E-state index >= 15 is 0 Å². The molecule has 0 radical (unpaired) electrons. The molecule has 2 aliphatic rings. The van der Waals surface area contributed by atoms with E-state index < -0.39 is 11.4 Å². The van der Waals surface area contributed by atoms with Gasteiger partial charge < -0.3 is 20.9 Å². The third-order valence-corrected chi connectivity index (χ3v) is 4.79. The molecule has 0 bridgehead atoms. The van der Waals surface area contributed by atoms with Crippen molar-refractivity contribution in [2.24, 2.45) is 23.0 Å². The fourth-order valence-corrected chi connectivity index (χ4v) is 3.13. The summed E-state index contributed by atoms with van der Waals surface area (Å²) in [7, 11) is 0. The predicted octanol–water partition coefficient (Wildman–Crippen LogP) is 0.357. The first-order chi connectivity index (χ1) is 9.45. The number of aliphatic carboxylic acids is 1. The summed E-state index contributed by atoms with van der Waals surface area (Å²) in [6.45, 7) is 2.94. The highest BCUT2D eigenvalue weighted by Crippen LogP contribution is 2.31. The Labute approximate surface area is 119 Å². The first-order valence-electron chi connectivity index (χ1n) is 7.29. The Morgan fingerprint density at radius 1 is 1.40 bits per heavy atom. The van der Waals surface area contributed by atoms with E-state index in [1.54, 1.807) is 6.92 Å². The van der Waals surface area contributed by atoms with Crippen molar-refractivity contribution in [3.05, 3.63) is 0 Å². The molecule has 4 unspecified atom stereocenters. The number of hydrogen-bond acceptors (Lipinski definition) is 4. The van der Waals surface area contributed by atoms with Gasteiger partial charge in [0.2, 0.25) is 5.91 Å². The van der Waals surface area contributed by atoms with E-state index in [0.717, 1.165) is 19.3 Å². The molecular weight excluding hydrogens is 260 g/mol. The number of carboxylic acid groups (broad SMARTS) is 1. The van der Waals surface area contributed by atoms with Gasteiger partial charge in [0.15, 0.2) is 0 Å². The standard InChI is InChI=1S/C14H24N2O4/c1-14(8-20-7-11(14)15)13(19)16-6-9-4-2-3-5-10(9)12(17)18/h9-11H,2-8,15H2,1H3,(H,16,19)(H,17,18). The molecule has 4 atom stereocenters. The average molecular weight is 284 g/mol. The third-order valence-electron chi connectivity index (χ3n) is 4.79. The van der Waals surface area contributed by atoms with E-state index in [1.165, 1.54) is 0 Å². The van der Waals surface area contributed by atoms with Gasteiger partial charge in [0.1, 0.15) is 0 Å². The van der Waals surface area contributed by atoms with E-state index in [9.17, 15) is 14.7 Å². The van der Waals surface area contributed by atoms with E-state index in [2.05, 4.69) is 5.32 Å². The monoisotopic (exact) mass is 284 g/mol. The number of carbonyl (C=O) groups is 2. The van der Waals surface area contributed by atoms with Gasteiger partial charge in [-0.2, -0.15) is 0 Å². The highest BCUT2D eigenvalue weighted by molar-refractivity contribution is 5.83. The summed E-state index contributed by atoms with van der Waals surface area (Å²) in [6.07, 6.45) is 3.55. The van der Waals surface area contributed by atoms with Crippen LogP contribution in [0.4, 0.5) is 0 Å². The zero-order valence-corrected chi connectivity index (χ0v) is 11.9. The summed E-state index contributed by atoms with van der Waals surface area (Å²) in [4.78, 5) is 23.5. The number of nitrogens with one attached hydrogen (secondary N) is 1. The maximum absolute atomic E-state index is 12.3. The second-order valence-corrected chi connectivity index (χ2v) is 6.24. The second-order valence-electron chi connectivity index (χ2n) is 6.24. The van der Waals surface area contributed by atoms with Crippen molar-refractivity contribution in [3.8, 4) is 0 Å². The molecule has 0 aromatic heterocycles. The molecule has 6 nitrogen and oxygen atoms in total. The van der Waals surface area contributed by atoms with Crippen molar-refractivity contribution < 1.29 is 19.4 Å². The number of carboxylic acids is 1. The number of carbonyl (C=O) groups excluding carboxylic acids is 1. The lowest BCUT2D eigenvalue weighted by Gasteiger charge is -2.31. The largest absolute Gasteiger partial charge is 0.481 e. The first-order valence-corrected chi connectivity index (χ1v) is 7.29. The fourth-order valence-electron chi connectivity index (χ4n) is 3.13. The van der Waals surface area contributed by atoms with Crippen LogP contribution in [0.25, 0.3) is 0 Å². The van der Waals surface area contributed by atoms with E-state index in [4.69, 9.17) is 10.5 Å². The lowest BCUT2D eigenvalue weighted by molar-refractivity contribution is -0.145. The zero-order valence-electron chi connectivity index (χ0n) is 11.9. The number of ether oxygens (including phenoxy) is 1. The van der Waals surface area contributed by atoms with Crippen LogP contribution in [-0.4, -0.2) is 42.8 Å². The quantitative estimate of drug-likeness (QED) is 0.691. The van der Waals surface area contributed by atoms with Crippen LogP contribution in [0.2, 0.25) is 0 Å². The van der Waals surface area contributed by atoms with Crippen LogP contribution in [0.15, 0.2) is 0 Å². The van der Waals surface area contributed by atoms with E-state index in [1.807, 2.05) is 0 Å². The van der Waals surface area contributed by atoms with E-state index in [0.29, 0.717) is 26.2 Å². The Kier molecular flexibility index (Phi) is 4.65. The molecule has 2 fully saturated rings. The molecule has 0 aromatic carbocycles. The molecule has 1 aliphatic carbocycles. The van der Waals surface area contributed by atoms with Gasteiger partial charge in [-0.25, -0.2) is 0 Å². The second kappa shape index (κ2) is 6.10. The van der Waals surface area contributed by atoms with Gasteiger partial charge in [-0.05, 0) is 25.7 Å². The van der Waals surface area contributed by atoms with Crippen LogP contribution in [0.1, 0.15) is 32.6 Å². The van der Waals surface area contributed by atoms with Crippen LogP contribution in [0.5, 0.6) is 0 Å². The Morgan fingerprint density at radius 3 is 2.70 bits per heavy atom. The molecular formula is C14H24N2O4. The molecule has 114 valence electrons. The van der Waals surface area contributed by atoms with E-state index in [-0.39, 0.29) is 23.8 Å². The van der Waals surface area contributed by atoms with Gasteiger partial charge in [-0.15, -0.1) is 0 Å². The Bertz CT molecular complexity index is 387. The molecule has 4 N–H and O–H groups in total. The number of hydrogen-bond donors (Lipinski definition) is 3. The number of amides is 1. The summed E-state index contributed by atoms with van der Waals surface area (Å²) in [5.41, 5.74) is 5.22. The molecule has 1 heterocycles. The molecule has 1 aliphatic heterocycles. The van der Waals surface area contributed by atoms with Crippen LogP contribution in [-0.2, 0) is 14.3 Å². The minimum absolute atomic E-state index is 0.0207. The zero-order chi connectivity index (χ0) is 14.8. The van der Waals surface area contributed by atoms with Crippen LogP contribution in [0, 0.1) is 17.3 Å². The van der Waals surface area contributed by atoms with Gasteiger partial charge in [0.05, 0.1) is 24.5 Å². The summed E-state index contributed by atoms with van der Waals surface area (Å²) in [5, 5.41) is 12.1. The number of nitrogens with two attached hydrogens (primary N) is 1. The topological polar surface area (TPSA) is 102 Å². The molecule has 1 saturated carbocycles. The number of rotatable bonds is 4. The van der Waals surface area contributed by atoms with Crippen molar-refractivity contribution >= 4 is 11.9 Å². The van der Waals surface area contributed by atoms with Crippen molar-refractivity contribution in [2.45, 2.75) is 38.6 Å². The summed E-state index contributed by atoms with van der Waals surface area (Å²) < 4.78 is 5.26. The van der Waals surface area contributed by atoms with Crippen molar-refractivity contribution in [1.82, 2.24) is 5.32 Å². The third kappa shape index (κ3) is 2.96. The lowest BCUT2D eigenvalue weighted by Crippen LogP contribution is -2.51. The Morgan fingerprint density at radius 2 is 2.10 bits per heavy atom. The highest BCUT2D eigenvalue weighted by Gasteiger charge is 2.44. The summed E-state index contributed by atoms with van der Waals surface area (Å²) in [5.74, 6) is -1.20. The van der Waals surface area contributed by atoms with Gasteiger partial charge in [-0.1, -0.05) is 12.8 Å². The van der Waals surface area contributed by atoms with Gasteiger partial charge in [0, 0.05) is 12.6 Å². The molecule has 1 amide bonds. The van der Waals surface area contributed by atoms with Crippen LogP contribution in [0.3, 0.4) is 0 Å². The molecule has 0 aromatic rings. The minimum atomic E-state index is -0.754. The molecule has 20 heavy (non-hydrogen) atoms. The van der Waals surface area contributed by atoms with Crippen LogP contribution < -0.4 is 11.1 Å². The molecule has 0 spiro atoms. The van der Waals surface area contributed by atoms with Crippen LogP contribution >= 0.6 is 0 Å². The highest BCUT2D eigenvalue weighted by atomic mass is 16.5. The fraction of sp³-hybridized carbons (Fsp3) is 0.857. The maximum Gasteiger partial charge on any atom is 0.306 e. The van der Waals surface area contributed by atoms with Gasteiger partial charge in [0.25, 0.3) is 0 Å². The SMILES string of the molecule is CC1(C(=O)NCC2CCCCC2C(=O)O)COCC1N. The van der Waals surface area contributed by atoms with Gasteiger partial charge >= 0.3 is 5.97 Å². The molecule has 6 heteroatoms. The minimum Gasteiger partial charge on any atom is -0.481 e. The van der Waals surface area contributed by atoms with Crippen molar-refractivity contribution in [1.29, 1.82) is 0 Å². The average Bonchev–Trinajstić information content (AvgIpc) is 2.77. The Hall–Kier alpha value is -1.14. The van der Waals surface area contributed by atoms with Gasteiger partial charge in [-0.3, -0.25) is 9.59 Å². The molecule has 2 rings (SSSR count).